The van der Waals surface area contributed by atoms with Crippen LogP contribution in [0.1, 0.15) is 20.1 Å². The van der Waals surface area contributed by atoms with Crippen molar-refractivity contribution >= 4 is 7.82 Å². The third-order valence-electron chi connectivity index (χ3n) is 3.66. The zero-order chi connectivity index (χ0) is 17.7. The number of phosphoric ester groups is 1. The molecule has 24 heavy (non-hydrogen) atoms. The number of fused-ring (bicyclic) bond motifs is 1. The molecule has 12 heteroatoms. The molecule has 4 atom stereocenters. The molecule has 0 bridgehead atoms. The third kappa shape index (κ3) is 3.52. The summed E-state index contributed by atoms with van der Waals surface area (Å²) in [6, 6.07) is 1.15. The van der Waals surface area contributed by atoms with E-state index in [9.17, 15) is 14.2 Å². The molecule has 0 radical (unpaired) electrons. The molecule has 3 heterocycles. The molecule has 1 aromatic rings. The summed E-state index contributed by atoms with van der Waals surface area (Å²) in [6.45, 7) is 2.89. The number of ether oxygens (including phenoxy) is 3. The van der Waals surface area contributed by atoms with Crippen molar-refractivity contribution in [3.63, 3.8) is 0 Å². The lowest BCUT2D eigenvalue weighted by Crippen LogP contribution is -2.37. The molecule has 2 fully saturated rings. The van der Waals surface area contributed by atoms with E-state index in [-0.39, 0.29) is 0 Å². The summed E-state index contributed by atoms with van der Waals surface area (Å²) in [5.41, 5.74) is -1.26. The van der Waals surface area contributed by atoms with Crippen LogP contribution in [0.5, 0.6) is 0 Å². The smallest absolute Gasteiger partial charge is 0.346 e. The van der Waals surface area contributed by atoms with E-state index in [1.165, 1.54) is 6.20 Å². The second-order valence-electron chi connectivity index (χ2n) is 5.93. The van der Waals surface area contributed by atoms with Gasteiger partial charge in [0, 0.05) is 12.3 Å². The normalized spacial score (nSPS) is 32.0. The summed E-state index contributed by atoms with van der Waals surface area (Å²) in [4.78, 5) is 43.0. The van der Waals surface area contributed by atoms with E-state index in [0.717, 1.165) is 10.6 Å². The highest BCUT2D eigenvalue weighted by molar-refractivity contribution is 7.46. The first-order valence-electron chi connectivity index (χ1n) is 7.08. The van der Waals surface area contributed by atoms with E-state index in [4.69, 9.17) is 24.0 Å². The average molecular weight is 364 g/mol. The minimum atomic E-state index is -4.69. The maximum absolute atomic E-state index is 12.0. The number of hydrogen-bond acceptors (Lipinski definition) is 7. The molecule has 2 aliphatic rings. The Kier molecular flexibility index (Phi) is 4.29. The van der Waals surface area contributed by atoms with Gasteiger partial charge in [-0.1, -0.05) is 0 Å². The molecule has 0 spiro atoms. The largest absolute Gasteiger partial charge is 0.469 e. The summed E-state index contributed by atoms with van der Waals surface area (Å²) in [5.74, 6) is -0.969. The van der Waals surface area contributed by atoms with Crippen molar-refractivity contribution in [1.82, 2.24) is 9.55 Å². The Balaban J connectivity index is 1.89. The lowest BCUT2D eigenvalue weighted by molar-refractivity contribution is -0.200. The van der Waals surface area contributed by atoms with Crippen molar-refractivity contribution in [2.24, 2.45) is 0 Å². The lowest BCUT2D eigenvalue weighted by atomic mass is 10.1. The minimum Gasteiger partial charge on any atom is -0.346 e. The quantitative estimate of drug-likeness (QED) is 0.576. The topological polar surface area (TPSA) is 149 Å². The molecule has 2 aliphatic heterocycles. The number of nitrogens with one attached hydrogen (secondary N) is 1. The summed E-state index contributed by atoms with van der Waals surface area (Å²) in [7, 11) is -4.69. The highest BCUT2D eigenvalue weighted by Crippen LogP contribution is 2.44. The number of phosphoric acid groups is 1. The molecular formula is C12H17N2O9P. The number of H-pyrrole nitrogens is 1. The fourth-order valence-corrected chi connectivity index (χ4v) is 3.16. The van der Waals surface area contributed by atoms with E-state index in [1.54, 1.807) is 13.8 Å². The monoisotopic (exact) mass is 364 g/mol. The molecule has 3 rings (SSSR count). The van der Waals surface area contributed by atoms with Crippen LogP contribution in [-0.4, -0.2) is 50.0 Å². The van der Waals surface area contributed by atoms with Gasteiger partial charge in [0.2, 0.25) is 0 Å². The zero-order valence-corrected chi connectivity index (χ0v) is 13.7. The Morgan fingerprint density at radius 2 is 2.00 bits per heavy atom. The van der Waals surface area contributed by atoms with Gasteiger partial charge in [0.15, 0.2) is 12.0 Å². The Labute approximate surface area is 135 Å². The molecule has 3 N–H and O–H groups in total. The van der Waals surface area contributed by atoms with Crippen LogP contribution in [0.15, 0.2) is 21.9 Å². The van der Waals surface area contributed by atoms with Crippen molar-refractivity contribution in [2.45, 2.75) is 44.2 Å². The van der Waals surface area contributed by atoms with Crippen LogP contribution in [0.4, 0.5) is 0 Å². The van der Waals surface area contributed by atoms with Gasteiger partial charge in [0.1, 0.15) is 18.3 Å². The van der Waals surface area contributed by atoms with E-state index >= 15 is 0 Å². The van der Waals surface area contributed by atoms with E-state index in [1.807, 2.05) is 0 Å². The van der Waals surface area contributed by atoms with Gasteiger partial charge >= 0.3 is 13.5 Å². The molecule has 11 nitrogen and oxygen atoms in total. The fourth-order valence-electron chi connectivity index (χ4n) is 2.82. The van der Waals surface area contributed by atoms with Gasteiger partial charge in [-0.15, -0.1) is 0 Å². The van der Waals surface area contributed by atoms with E-state index in [0.29, 0.717) is 0 Å². The van der Waals surface area contributed by atoms with Gasteiger partial charge in [0.25, 0.3) is 5.56 Å². The molecule has 0 aliphatic carbocycles. The summed E-state index contributed by atoms with van der Waals surface area (Å²) < 4.78 is 33.6. The fraction of sp³-hybridized carbons (Fsp3) is 0.667. The zero-order valence-electron chi connectivity index (χ0n) is 12.8. The highest BCUT2D eigenvalue weighted by Gasteiger charge is 2.56. The molecular weight excluding hydrogens is 347 g/mol. The highest BCUT2D eigenvalue weighted by atomic mass is 31.2. The molecule has 4 unspecified atom stereocenters. The predicted octanol–water partition coefficient (Wildman–Crippen LogP) is -0.937. The Morgan fingerprint density at radius 3 is 2.62 bits per heavy atom. The number of nitrogens with zero attached hydrogens (tertiary/aromatic N) is 1. The average Bonchev–Trinajstić information content (AvgIpc) is 2.90. The molecule has 0 aromatic carbocycles. The third-order valence-corrected chi connectivity index (χ3v) is 4.14. The van der Waals surface area contributed by atoms with Gasteiger partial charge in [-0.3, -0.25) is 18.9 Å². The molecule has 0 amide bonds. The van der Waals surface area contributed by atoms with Crippen LogP contribution in [-0.2, 0) is 23.3 Å². The maximum Gasteiger partial charge on any atom is 0.469 e. The van der Waals surface area contributed by atoms with Crippen molar-refractivity contribution in [1.29, 1.82) is 0 Å². The van der Waals surface area contributed by atoms with Crippen LogP contribution in [0.3, 0.4) is 0 Å². The van der Waals surface area contributed by atoms with Gasteiger partial charge < -0.3 is 24.0 Å². The maximum atomic E-state index is 12.0. The number of rotatable bonds is 4. The standard InChI is InChI=1S/C12H17N2O9P/c1-12(2)22-8-6(5-20-24(17,18)19)21-10(9(8)23-12)14-4-3-7(15)13-11(14)16/h3-4,6,8-10H,5H2,1-2H3,(H,13,15,16)(H2,17,18,19). The summed E-state index contributed by atoms with van der Waals surface area (Å²) in [5, 5.41) is 0. The van der Waals surface area contributed by atoms with Crippen LogP contribution in [0.2, 0.25) is 0 Å². The van der Waals surface area contributed by atoms with Crippen molar-refractivity contribution < 1.29 is 33.1 Å². The van der Waals surface area contributed by atoms with Gasteiger partial charge in [0.05, 0.1) is 6.61 Å². The number of aromatic amines is 1. The second kappa shape index (κ2) is 5.88. The van der Waals surface area contributed by atoms with Crippen LogP contribution < -0.4 is 11.2 Å². The van der Waals surface area contributed by atoms with Crippen molar-refractivity contribution in [2.75, 3.05) is 6.61 Å². The first kappa shape index (κ1) is 17.5. The van der Waals surface area contributed by atoms with Gasteiger partial charge in [-0.05, 0) is 13.8 Å². The predicted molar refractivity (Wildman–Crippen MR) is 77.1 cm³/mol. The summed E-state index contributed by atoms with van der Waals surface area (Å²) >= 11 is 0. The van der Waals surface area contributed by atoms with E-state index in [2.05, 4.69) is 9.51 Å². The number of aromatic nitrogens is 2. The molecule has 1 aromatic heterocycles. The number of hydrogen-bond donors (Lipinski definition) is 3. The van der Waals surface area contributed by atoms with Crippen LogP contribution >= 0.6 is 7.82 Å². The summed E-state index contributed by atoms with van der Waals surface area (Å²) in [6.07, 6.45) is -1.96. The first-order valence-corrected chi connectivity index (χ1v) is 8.61. The molecule has 134 valence electrons. The lowest BCUT2D eigenvalue weighted by Gasteiger charge is -2.24. The second-order valence-corrected chi connectivity index (χ2v) is 7.17. The SMILES string of the molecule is CC1(C)OC2C(COP(=O)(O)O)OC(n3ccc(=O)[nH]c3=O)C2O1. The van der Waals surface area contributed by atoms with Gasteiger partial charge in [-0.25, -0.2) is 9.36 Å². The van der Waals surface area contributed by atoms with E-state index < -0.39 is 56.0 Å². The molecule has 2 saturated heterocycles. The molecule has 0 saturated carbocycles. The Bertz CT molecular complexity index is 781. The minimum absolute atomic E-state index is 0.445. The van der Waals surface area contributed by atoms with Crippen molar-refractivity contribution in [3.05, 3.63) is 33.1 Å². The first-order chi connectivity index (χ1) is 11.1. The van der Waals surface area contributed by atoms with Crippen molar-refractivity contribution in [3.8, 4) is 0 Å². The Morgan fingerprint density at radius 1 is 1.33 bits per heavy atom. The van der Waals surface area contributed by atoms with Crippen LogP contribution in [0.25, 0.3) is 0 Å². The van der Waals surface area contributed by atoms with Crippen LogP contribution in [0, 0.1) is 0 Å². The Hall–Kier alpha value is -1.33. The van der Waals surface area contributed by atoms with Gasteiger partial charge in [-0.2, -0.15) is 0 Å².